The van der Waals surface area contributed by atoms with Crippen LogP contribution < -0.4 is 5.32 Å². The highest BCUT2D eigenvalue weighted by Crippen LogP contribution is 2.40. The zero-order valence-electron chi connectivity index (χ0n) is 13.2. The van der Waals surface area contributed by atoms with E-state index in [0.717, 1.165) is 10.9 Å². The van der Waals surface area contributed by atoms with Crippen molar-refractivity contribution in [1.82, 2.24) is 10.3 Å². The number of hydrogen-bond donors (Lipinski definition) is 4. The number of rotatable bonds is 3. The van der Waals surface area contributed by atoms with Gasteiger partial charge in [-0.15, -0.1) is 0 Å². The topological polar surface area (TPSA) is 102 Å². The van der Waals surface area contributed by atoms with Crippen LogP contribution in [0.5, 0.6) is 5.75 Å². The molecule has 6 nitrogen and oxygen atoms in total. The van der Waals surface area contributed by atoms with Gasteiger partial charge in [-0.1, -0.05) is 12.1 Å². The van der Waals surface area contributed by atoms with Crippen LogP contribution in [-0.4, -0.2) is 27.1 Å². The fourth-order valence-electron chi connectivity index (χ4n) is 3.49. The zero-order chi connectivity index (χ0) is 17.6. The summed E-state index contributed by atoms with van der Waals surface area (Å²) in [6.07, 6.45) is 1.99. The molecule has 4 rings (SSSR count). The minimum atomic E-state index is -0.998. The number of amides is 1. The molecular weight excluding hydrogens is 320 g/mol. The Morgan fingerprint density at radius 3 is 2.80 bits per heavy atom. The molecule has 0 saturated carbocycles. The van der Waals surface area contributed by atoms with E-state index in [0.29, 0.717) is 16.7 Å². The number of carboxylic acid groups (broad SMARTS) is 1. The van der Waals surface area contributed by atoms with E-state index in [2.05, 4.69) is 10.3 Å². The average molecular weight is 336 g/mol. The number of aromatic nitrogens is 1. The van der Waals surface area contributed by atoms with Gasteiger partial charge in [-0.05, 0) is 42.3 Å². The van der Waals surface area contributed by atoms with Gasteiger partial charge in [0.05, 0.1) is 12.0 Å². The Morgan fingerprint density at radius 1 is 1.16 bits per heavy atom. The van der Waals surface area contributed by atoms with Crippen LogP contribution in [0.1, 0.15) is 27.5 Å². The maximum Gasteiger partial charge on any atom is 0.309 e. The van der Waals surface area contributed by atoms with Gasteiger partial charge in [-0.3, -0.25) is 9.59 Å². The number of carbonyl (C=O) groups excluding carboxylic acids is 1. The van der Waals surface area contributed by atoms with Crippen LogP contribution >= 0.6 is 0 Å². The molecule has 6 heteroatoms. The average Bonchev–Trinajstić information content (AvgIpc) is 3.19. The molecule has 0 radical (unpaired) electrons. The van der Waals surface area contributed by atoms with Crippen molar-refractivity contribution >= 4 is 22.8 Å². The first kappa shape index (κ1) is 15.3. The second-order valence-corrected chi connectivity index (χ2v) is 6.22. The molecule has 1 aliphatic rings. The van der Waals surface area contributed by atoms with E-state index in [4.69, 9.17) is 0 Å². The van der Waals surface area contributed by atoms with E-state index < -0.39 is 17.9 Å². The fraction of sp³-hybridized carbons (Fsp3) is 0.158. The van der Waals surface area contributed by atoms with Gasteiger partial charge >= 0.3 is 5.97 Å². The lowest BCUT2D eigenvalue weighted by Gasteiger charge is -2.19. The van der Waals surface area contributed by atoms with Crippen LogP contribution in [0.25, 0.3) is 10.9 Å². The van der Waals surface area contributed by atoms with Crippen molar-refractivity contribution in [2.45, 2.75) is 12.5 Å². The highest BCUT2D eigenvalue weighted by Gasteiger charge is 2.39. The maximum atomic E-state index is 12.7. The first-order valence-corrected chi connectivity index (χ1v) is 7.96. The summed E-state index contributed by atoms with van der Waals surface area (Å²) in [7, 11) is 0. The summed E-state index contributed by atoms with van der Waals surface area (Å²) < 4.78 is 0. The third kappa shape index (κ3) is 2.52. The molecule has 126 valence electrons. The Labute approximate surface area is 143 Å². The lowest BCUT2D eigenvalue weighted by molar-refractivity contribution is -0.142. The molecule has 1 heterocycles. The molecule has 3 aromatic rings. The van der Waals surface area contributed by atoms with Crippen molar-refractivity contribution in [1.29, 1.82) is 0 Å². The van der Waals surface area contributed by atoms with E-state index in [1.807, 2.05) is 12.1 Å². The van der Waals surface area contributed by atoms with E-state index >= 15 is 0 Å². The van der Waals surface area contributed by atoms with Gasteiger partial charge in [-0.25, -0.2) is 0 Å². The number of aromatic hydroxyl groups is 1. The number of H-pyrrole nitrogens is 1. The van der Waals surface area contributed by atoms with Crippen LogP contribution in [0.3, 0.4) is 0 Å². The second kappa shape index (κ2) is 5.66. The second-order valence-electron chi connectivity index (χ2n) is 6.22. The maximum absolute atomic E-state index is 12.7. The summed E-state index contributed by atoms with van der Waals surface area (Å²) in [6, 6.07) is 11.4. The van der Waals surface area contributed by atoms with Crippen LogP contribution in [-0.2, 0) is 11.2 Å². The van der Waals surface area contributed by atoms with E-state index in [1.54, 1.807) is 30.5 Å². The molecule has 0 bridgehead atoms. The first-order chi connectivity index (χ1) is 12.0. The lowest BCUT2D eigenvalue weighted by Crippen LogP contribution is -2.34. The van der Waals surface area contributed by atoms with Crippen molar-refractivity contribution in [2.75, 3.05) is 0 Å². The normalized spacial score (nSPS) is 18.9. The molecule has 0 fully saturated rings. The Hall–Kier alpha value is -3.28. The third-order valence-corrected chi connectivity index (χ3v) is 4.77. The van der Waals surface area contributed by atoms with Gasteiger partial charge < -0.3 is 20.5 Å². The van der Waals surface area contributed by atoms with Crippen LogP contribution in [0.15, 0.2) is 48.7 Å². The summed E-state index contributed by atoms with van der Waals surface area (Å²) in [6.45, 7) is 0. The first-order valence-electron chi connectivity index (χ1n) is 7.96. The molecule has 4 N–H and O–H groups in total. The van der Waals surface area contributed by atoms with Crippen molar-refractivity contribution < 1.29 is 19.8 Å². The van der Waals surface area contributed by atoms with E-state index in [-0.39, 0.29) is 18.1 Å². The van der Waals surface area contributed by atoms with Gasteiger partial charge in [0.2, 0.25) is 0 Å². The standard InChI is InChI=1S/C19H16N2O4/c22-16-3-1-2-12-13(16)9-14(19(24)25)17(12)21-18(23)11-4-5-15-10(8-11)6-7-20-15/h1-8,14,17,20,22H,9H2,(H,21,23)(H,24,25)/t14-,17+/m0/s1. The number of aliphatic carboxylic acids is 1. The molecule has 0 spiro atoms. The number of phenols is 1. The van der Waals surface area contributed by atoms with E-state index in [1.165, 1.54) is 6.07 Å². The van der Waals surface area contributed by atoms with Crippen LogP contribution in [0.2, 0.25) is 0 Å². The summed E-state index contributed by atoms with van der Waals surface area (Å²) in [5.41, 5.74) is 2.63. The number of carbonyl (C=O) groups is 2. The SMILES string of the molecule is O=C(N[C@@H]1c2cccc(O)c2C[C@@H]1C(=O)O)c1ccc2[nH]ccc2c1. The lowest BCUT2D eigenvalue weighted by atomic mass is 10.00. The third-order valence-electron chi connectivity index (χ3n) is 4.77. The quantitative estimate of drug-likeness (QED) is 0.590. The van der Waals surface area contributed by atoms with Crippen molar-refractivity contribution in [3.8, 4) is 5.75 Å². The zero-order valence-corrected chi connectivity index (χ0v) is 13.2. The molecule has 0 aliphatic heterocycles. The van der Waals surface area contributed by atoms with Gasteiger partial charge in [0.1, 0.15) is 5.75 Å². The largest absolute Gasteiger partial charge is 0.508 e. The van der Waals surface area contributed by atoms with E-state index in [9.17, 15) is 19.8 Å². The summed E-state index contributed by atoms with van der Waals surface area (Å²) in [5.74, 6) is -2.07. The Morgan fingerprint density at radius 2 is 2.00 bits per heavy atom. The van der Waals surface area contributed by atoms with Gasteiger partial charge in [0.25, 0.3) is 5.91 Å². The number of nitrogens with one attached hydrogen (secondary N) is 2. The monoisotopic (exact) mass is 336 g/mol. The van der Waals surface area contributed by atoms with Gasteiger partial charge in [-0.2, -0.15) is 0 Å². The minimum Gasteiger partial charge on any atom is -0.508 e. The molecule has 25 heavy (non-hydrogen) atoms. The molecule has 2 aromatic carbocycles. The molecule has 0 saturated heterocycles. The Balaban J connectivity index is 1.67. The molecule has 0 unspecified atom stereocenters. The number of phenolic OH excluding ortho intramolecular Hbond substituents is 1. The smallest absolute Gasteiger partial charge is 0.309 e. The van der Waals surface area contributed by atoms with Gasteiger partial charge in [0, 0.05) is 28.2 Å². The van der Waals surface area contributed by atoms with Gasteiger partial charge in [0.15, 0.2) is 0 Å². The summed E-state index contributed by atoms with van der Waals surface area (Å²) in [4.78, 5) is 27.3. The Kier molecular flexibility index (Phi) is 3.46. The number of hydrogen-bond acceptors (Lipinski definition) is 3. The predicted octanol–water partition coefficient (Wildman–Crippen LogP) is 2.60. The highest BCUT2D eigenvalue weighted by molar-refractivity contribution is 5.98. The summed E-state index contributed by atoms with van der Waals surface area (Å²) in [5, 5.41) is 23.2. The molecule has 2 atom stereocenters. The molecule has 1 aromatic heterocycles. The minimum absolute atomic E-state index is 0.0641. The Bertz CT molecular complexity index is 992. The van der Waals surface area contributed by atoms with Crippen molar-refractivity contribution in [3.05, 3.63) is 65.4 Å². The van der Waals surface area contributed by atoms with Crippen molar-refractivity contribution in [2.24, 2.45) is 5.92 Å². The summed E-state index contributed by atoms with van der Waals surface area (Å²) >= 11 is 0. The number of carboxylic acids is 1. The van der Waals surface area contributed by atoms with Crippen LogP contribution in [0, 0.1) is 5.92 Å². The molecule has 1 amide bonds. The fourth-order valence-corrected chi connectivity index (χ4v) is 3.49. The predicted molar refractivity (Wildman–Crippen MR) is 91.4 cm³/mol. The molecular formula is C19H16N2O4. The number of fused-ring (bicyclic) bond motifs is 2. The van der Waals surface area contributed by atoms with Crippen molar-refractivity contribution in [3.63, 3.8) is 0 Å². The van der Waals surface area contributed by atoms with Crippen LogP contribution in [0.4, 0.5) is 0 Å². The highest BCUT2D eigenvalue weighted by atomic mass is 16.4. The number of aromatic amines is 1. The number of benzene rings is 2. The molecule has 1 aliphatic carbocycles.